The molecular formula is C19H20FN3O. The summed E-state index contributed by atoms with van der Waals surface area (Å²) in [6.45, 7) is 5.95. The van der Waals surface area contributed by atoms with E-state index >= 15 is 0 Å². The second-order valence-corrected chi connectivity index (χ2v) is 7.08. The molecule has 124 valence electrons. The van der Waals surface area contributed by atoms with E-state index in [0.717, 1.165) is 11.0 Å². The fraction of sp³-hybridized carbons (Fsp3) is 0.263. The van der Waals surface area contributed by atoms with E-state index in [9.17, 15) is 9.18 Å². The number of nitrogens with zero attached hydrogens (tertiary/aromatic N) is 1. The van der Waals surface area contributed by atoms with E-state index < -0.39 is 5.82 Å². The van der Waals surface area contributed by atoms with Gasteiger partial charge in [0, 0.05) is 12.0 Å². The van der Waals surface area contributed by atoms with Crippen LogP contribution >= 0.6 is 0 Å². The Labute approximate surface area is 140 Å². The molecule has 0 unspecified atom stereocenters. The number of hydrogen-bond donors (Lipinski definition) is 2. The van der Waals surface area contributed by atoms with Crippen molar-refractivity contribution >= 4 is 22.6 Å². The van der Waals surface area contributed by atoms with Gasteiger partial charge in [0.25, 0.3) is 0 Å². The maximum atomic E-state index is 13.7. The van der Waals surface area contributed by atoms with E-state index in [1.54, 1.807) is 6.07 Å². The number of carbonyl (C=O) groups is 1. The van der Waals surface area contributed by atoms with Gasteiger partial charge in [-0.05, 0) is 35.7 Å². The molecule has 5 heteroatoms. The van der Waals surface area contributed by atoms with Gasteiger partial charge >= 0.3 is 0 Å². The predicted octanol–water partition coefficient (Wildman–Crippen LogP) is 4.74. The van der Waals surface area contributed by atoms with Crippen molar-refractivity contribution in [3.8, 4) is 11.4 Å². The largest absolute Gasteiger partial charge is 0.338 e. The van der Waals surface area contributed by atoms with Crippen LogP contribution in [0, 0.1) is 11.2 Å². The number of hydrogen-bond acceptors (Lipinski definition) is 2. The van der Waals surface area contributed by atoms with E-state index in [4.69, 9.17) is 0 Å². The molecule has 1 heterocycles. The lowest BCUT2D eigenvalue weighted by Gasteiger charge is -2.18. The van der Waals surface area contributed by atoms with Crippen LogP contribution in [0.1, 0.15) is 27.2 Å². The average molecular weight is 325 g/mol. The number of imidazole rings is 1. The summed E-state index contributed by atoms with van der Waals surface area (Å²) in [5, 5.41) is 2.81. The first-order valence-electron chi connectivity index (χ1n) is 7.86. The summed E-state index contributed by atoms with van der Waals surface area (Å²) in [5.41, 5.74) is 2.66. The second-order valence-electron chi connectivity index (χ2n) is 7.08. The third-order valence-electron chi connectivity index (χ3n) is 3.59. The Bertz CT molecular complexity index is 860. The number of rotatable bonds is 3. The molecule has 0 saturated carbocycles. The lowest BCUT2D eigenvalue weighted by Crippen LogP contribution is -2.20. The van der Waals surface area contributed by atoms with Crippen molar-refractivity contribution in [2.75, 3.05) is 5.32 Å². The zero-order valence-corrected chi connectivity index (χ0v) is 14.0. The third-order valence-corrected chi connectivity index (χ3v) is 3.59. The van der Waals surface area contributed by atoms with Gasteiger partial charge in [0.15, 0.2) is 0 Å². The summed E-state index contributed by atoms with van der Waals surface area (Å²) >= 11 is 0. The van der Waals surface area contributed by atoms with Crippen LogP contribution in [0.25, 0.3) is 22.4 Å². The summed E-state index contributed by atoms with van der Waals surface area (Å²) in [5.74, 6) is 0.0497. The van der Waals surface area contributed by atoms with Crippen molar-refractivity contribution in [2.24, 2.45) is 5.41 Å². The summed E-state index contributed by atoms with van der Waals surface area (Å²) < 4.78 is 13.7. The number of nitrogens with one attached hydrogen (secondary N) is 2. The Morgan fingerprint density at radius 2 is 1.96 bits per heavy atom. The van der Waals surface area contributed by atoms with Gasteiger partial charge in [-0.2, -0.15) is 0 Å². The number of para-hydroxylation sites is 2. The number of benzene rings is 2. The molecule has 2 aromatic carbocycles. The van der Waals surface area contributed by atoms with Gasteiger partial charge in [0.2, 0.25) is 5.91 Å². The predicted molar refractivity (Wildman–Crippen MR) is 94.2 cm³/mol. The minimum atomic E-state index is -0.402. The van der Waals surface area contributed by atoms with Gasteiger partial charge in [0.1, 0.15) is 11.6 Å². The van der Waals surface area contributed by atoms with Crippen LogP contribution in [0.4, 0.5) is 10.1 Å². The molecule has 4 nitrogen and oxygen atoms in total. The molecular weight excluding hydrogens is 305 g/mol. The number of amides is 1. The topological polar surface area (TPSA) is 57.8 Å². The number of H-pyrrole nitrogens is 1. The summed E-state index contributed by atoms with van der Waals surface area (Å²) in [6.07, 6.45) is 0.350. The van der Waals surface area contributed by atoms with Crippen molar-refractivity contribution in [3.05, 3.63) is 48.3 Å². The van der Waals surface area contributed by atoms with Gasteiger partial charge in [-0.25, -0.2) is 9.37 Å². The molecule has 0 bridgehead atoms. The molecule has 0 atom stereocenters. The van der Waals surface area contributed by atoms with Crippen LogP contribution in [-0.4, -0.2) is 15.9 Å². The molecule has 0 saturated heterocycles. The van der Waals surface area contributed by atoms with Crippen LogP contribution < -0.4 is 5.32 Å². The molecule has 0 radical (unpaired) electrons. The molecule has 0 aliphatic heterocycles. The molecule has 1 amide bonds. The Kier molecular flexibility index (Phi) is 4.09. The highest BCUT2D eigenvalue weighted by Crippen LogP contribution is 2.29. The molecule has 3 rings (SSSR count). The normalized spacial score (nSPS) is 11.7. The Morgan fingerprint density at radius 3 is 2.67 bits per heavy atom. The highest BCUT2D eigenvalue weighted by atomic mass is 19.1. The first-order valence-corrected chi connectivity index (χ1v) is 7.86. The van der Waals surface area contributed by atoms with Crippen molar-refractivity contribution in [3.63, 3.8) is 0 Å². The summed E-state index contributed by atoms with van der Waals surface area (Å²) in [6, 6.07) is 12.0. The quantitative estimate of drug-likeness (QED) is 0.730. The van der Waals surface area contributed by atoms with E-state index in [-0.39, 0.29) is 11.3 Å². The Balaban J connectivity index is 1.97. The highest BCUT2D eigenvalue weighted by molar-refractivity contribution is 5.95. The highest BCUT2D eigenvalue weighted by Gasteiger charge is 2.18. The number of aromatic nitrogens is 2. The number of fused-ring (bicyclic) bond motifs is 1. The number of carbonyl (C=O) groups excluding carboxylic acids is 1. The second kappa shape index (κ2) is 6.07. The monoisotopic (exact) mass is 325 g/mol. The van der Waals surface area contributed by atoms with E-state index in [1.165, 1.54) is 12.1 Å². The van der Waals surface area contributed by atoms with Crippen LogP contribution in [-0.2, 0) is 4.79 Å². The van der Waals surface area contributed by atoms with E-state index in [2.05, 4.69) is 15.3 Å². The number of halogens is 1. The first kappa shape index (κ1) is 16.2. The fourth-order valence-corrected chi connectivity index (χ4v) is 2.58. The fourth-order valence-electron chi connectivity index (χ4n) is 2.58. The van der Waals surface area contributed by atoms with Crippen molar-refractivity contribution in [2.45, 2.75) is 27.2 Å². The Morgan fingerprint density at radius 1 is 1.21 bits per heavy atom. The molecule has 24 heavy (non-hydrogen) atoms. The van der Waals surface area contributed by atoms with Crippen molar-refractivity contribution in [1.29, 1.82) is 0 Å². The van der Waals surface area contributed by atoms with Gasteiger partial charge in [-0.15, -0.1) is 0 Å². The standard InChI is InChI=1S/C19H20FN3O/c1-19(2,3)11-17(24)21-16-10-12(20)8-9-13(16)18-22-14-6-4-5-7-15(14)23-18/h4-10H,11H2,1-3H3,(H,21,24)(H,22,23). The lowest BCUT2D eigenvalue weighted by molar-refractivity contribution is -0.117. The van der Waals surface area contributed by atoms with Crippen molar-refractivity contribution < 1.29 is 9.18 Å². The molecule has 0 aliphatic carbocycles. The minimum absolute atomic E-state index is 0.142. The maximum absolute atomic E-state index is 13.7. The van der Waals surface area contributed by atoms with Gasteiger partial charge in [0.05, 0.1) is 16.7 Å². The molecule has 1 aromatic heterocycles. The molecule has 3 aromatic rings. The first-order chi connectivity index (χ1) is 11.3. The van der Waals surface area contributed by atoms with Gasteiger partial charge < -0.3 is 10.3 Å². The Hall–Kier alpha value is -2.69. The average Bonchev–Trinajstić information content (AvgIpc) is 2.88. The molecule has 2 N–H and O–H groups in total. The van der Waals surface area contributed by atoms with Gasteiger partial charge in [-0.1, -0.05) is 32.9 Å². The summed E-state index contributed by atoms with van der Waals surface area (Å²) in [7, 11) is 0. The lowest BCUT2D eigenvalue weighted by atomic mass is 9.92. The van der Waals surface area contributed by atoms with Crippen molar-refractivity contribution in [1.82, 2.24) is 9.97 Å². The molecule has 0 aliphatic rings. The molecule has 0 fully saturated rings. The minimum Gasteiger partial charge on any atom is -0.338 e. The zero-order valence-electron chi connectivity index (χ0n) is 14.0. The van der Waals surface area contributed by atoms with E-state index in [0.29, 0.717) is 23.5 Å². The third kappa shape index (κ3) is 3.62. The van der Waals surface area contributed by atoms with Crippen LogP contribution in [0.5, 0.6) is 0 Å². The summed E-state index contributed by atoms with van der Waals surface area (Å²) in [4.78, 5) is 20.0. The molecule has 0 spiro atoms. The van der Waals surface area contributed by atoms with Crippen LogP contribution in [0.15, 0.2) is 42.5 Å². The van der Waals surface area contributed by atoms with E-state index in [1.807, 2.05) is 45.0 Å². The number of aromatic amines is 1. The van der Waals surface area contributed by atoms with Crippen LogP contribution in [0.3, 0.4) is 0 Å². The maximum Gasteiger partial charge on any atom is 0.224 e. The SMILES string of the molecule is CC(C)(C)CC(=O)Nc1cc(F)ccc1-c1nc2ccccc2[nH]1. The zero-order chi connectivity index (χ0) is 17.3. The van der Waals surface area contributed by atoms with Gasteiger partial charge in [-0.3, -0.25) is 4.79 Å². The van der Waals surface area contributed by atoms with Crippen LogP contribution in [0.2, 0.25) is 0 Å². The number of anilines is 1. The smallest absolute Gasteiger partial charge is 0.224 e.